The van der Waals surface area contributed by atoms with Gasteiger partial charge in [0, 0.05) is 25.3 Å². The van der Waals surface area contributed by atoms with Crippen molar-refractivity contribution in [1.82, 2.24) is 10.6 Å². The second-order valence-corrected chi connectivity index (χ2v) is 5.38. The third-order valence-corrected chi connectivity index (χ3v) is 3.70. The Labute approximate surface area is 115 Å². The van der Waals surface area contributed by atoms with Crippen molar-refractivity contribution >= 4 is 11.6 Å². The highest BCUT2D eigenvalue weighted by Crippen LogP contribution is 2.29. The first kappa shape index (κ1) is 13.9. The smallest absolute Gasteiger partial charge is 0.245 e. The van der Waals surface area contributed by atoms with Gasteiger partial charge in [0.1, 0.15) is 5.54 Å². The summed E-state index contributed by atoms with van der Waals surface area (Å²) in [5.74, 6) is 0.0944. The van der Waals surface area contributed by atoms with Crippen molar-refractivity contribution in [3.8, 4) is 0 Å². The number of hydrogen-bond acceptors (Lipinski definition) is 3. The minimum Gasteiger partial charge on any atom is -0.355 e. The number of benzene rings is 1. The number of carbonyl (C=O) groups excluding carboxylic acids is 1. The lowest BCUT2D eigenvalue weighted by molar-refractivity contribution is -0.126. The van der Waals surface area contributed by atoms with Gasteiger partial charge in [-0.2, -0.15) is 0 Å². The Morgan fingerprint density at radius 3 is 2.84 bits per heavy atom. The fourth-order valence-corrected chi connectivity index (χ4v) is 2.50. The van der Waals surface area contributed by atoms with Crippen LogP contribution in [0.5, 0.6) is 0 Å². The summed E-state index contributed by atoms with van der Waals surface area (Å²) in [6, 6.07) is 8.31. The summed E-state index contributed by atoms with van der Waals surface area (Å²) in [4.78, 5) is 14.3. The van der Waals surface area contributed by atoms with Crippen LogP contribution in [0.2, 0.25) is 0 Å². The van der Waals surface area contributed by atoms with E-state index in [1.807, 2.05) is 26.0 Å². The molecule has 0 saturated carbocycles. The molecule has 1 saturated heterocycles. The van der Waals surface area contributed by atoms with Crippen LogP contribution in [0.4, 0.5) is 5.69 Å². The molecule has 1 aliphatic heterocycles. The zero-order chi connectivity index (χ0) is 13.9. The van der Waals surface area contributed by atoms with Crippen molar-refractivity contribution in [3.05, 3.63) is 29.8 Å². The van der Waals surface area contributed by atoms with Crippen molar-refractivity contribution in [2.75, 3.05) is 24.5 Å². The molecule has 104 valence electrons. The van der Waals surface area contributed by atoms with Crippen molar-refractivity contribution in [2.24, 2.45) is 0 Å². The summed E-state index contributed by atoms with van der Waals surface area (Å²) in [6.45, 7) is 9.39. The molecule has 0 unspecified atom stereocenters. The maximum atomic E-state index is 12.1. The molecule has 2 rings (SSSR count). The van der Waals surface area contributed by atoms with E-state index >= 15 is 0 Å². The second kappa shape index (κ2) is 5.61. The topological polar surface area (TPSA) is 44.4 Å². The maximum Gasteiger partial charge on any atom is 0.245 e. The number of nitrogens with zero attached hydrogens (tertiary/aromatic N) is 1. The average molecular weight is 261 g/mol. The van der Waals surface area contributed by atoms with Crippen LogP contribution in [0, 0.1) is 0 Å². The summed E-state index contributed by atoms with van der Waals surface area (Å²) in [6.07, 6.45) is 0. The average Bonchev–Trinajstić information content (AvgIpc) is 2.40. The molecular weight excluding hydrogens is 238 g/mol. The summed E-state index contributed by atoms with van der Waals surface area (Å²) in [5, 5.41) is 6.29. The third-order valence-electron chi connectivity index (χ3n) is 3.70. The molecule has 0 bridgehead atoms. The van der Waals surface area contributed by atoms with Crippen molar-refractivity contribution in [1.29, 1.82) is 0 Å². The molecule has 0 spiro atoms. The van der Waals surface area contributed by atoms with Crippen LogP contribution in [0.25, 0.3) is 0 Å². The van der Waals surface area contributed by atoms with Crippen LogP contribution in [0.15, 0.2) is 24.3 Å². The largest absolute Gasteiger partial charge is 0.355 e. The number of para-hydroxylation sites is 1. The zero-order valence-electron chi connectivity index (χ0n) is 12.0. The summed E-state index contributed by atoms with van der Waals surface area (Å²) in [5.41, 5.74) is 1.90. The van der Waals surface area contributed by atoms with E-state index in [1.54, 1.807) is 0 Å². The molecule has 0 atom stereocenters. The molecule has 19 heavy (non-hydrogen) atoms. The molecule has 1 fully saturated rings. The van der Waals surface area contributed by atoms with Gasteiger partial charge in [0.25, 0.3) is 0 Å². The molecule has 1 aromatic rings. The number of piperazine rings is 1. The monoisotopic (exact) mass is 261 g/mol. The van der Waals surface area contributed by atoms with Crippen molar-refractivity contribution in [2.45, 2.75) is 32.9 Å². The van der Waals surface area contributed by atoms with Crippen LogP contribution in [0.3, 0.4) is 0 Å². The quantitative estimate of drug-likeness (QED) is 0.863. The van der Waals surface area contributed by atoms with Crippen LogP contribution in [-0.2, 0) is 11.3 Å². The van der Waals surface area contributed by atoms with Crippen LogP contribution in [0.1, 0.15) is 26.3 Å². The number of nitrogens with one attached hydrogen (secondary N) is 2. The molecule has 2 N–H and O–H groups in total. The Morgan fingerprint density at radius 1 is 1.37 bits per heavy atom. The van der Waals surface area contributed by atoms with Gasteiger partial charge < -0.3 is 15.5 Å². The second-order valence-electron chi connectivity index (χ2n) is 5.38. The van der Waals surface area contributed by atoms with Gasteiger partial charge in [-0.1, -0.05) is 25.1 Å². The fourth-order valence-electron chi connectivity index (χ4n) is 2.50. The van der Waals surface area contributed by atoms with Crippen LogP contribution < -0.4 is 15.5 Å². The SMILES string of the molecule is CCNCc1ccccc1N1CCNC(=O)C1(C)C. The molecule has 1 aliphatic rings. The number of amides is 1. The first-order valence-corrected chi connectivity index (χ1v) is 6.92. The summed E-state index contributed by atoms with van der Waals surface area (Å²) < 4.78 is 0. The predicted molar refractivity (Wildman–Crippen MR) is 78.3 cm³/mol. The van der Waals surface area contributed by atoms with Gasteiger partial charge in [-0.3, -0.25) is 4.79 Å². The predicted octanol–water partition coefficient (Wildman–Crippen LogP) is 1.51. The Kier molecular flexibility index (Phi) is 4.10. The fraction of sp³-hybridized carbons (Fsp3) is 0.533. The van der Waals surface area contributed by atoms with Gasteiger partial charge in [0.2, 0.25) is 5.91 Å². The van der Waals surface area contributed by atoms with Gasteiger partial charge in [0.05, 0.1) is 0 Å². The van der Waals surface area contributed by atoms with E-state index in [9.17, 15) is 4.79 Å². The Balaban J connectivity index is 2.32. The standard InChI is InChI=1S/C15H23N3O/c1-4-16-11-12-7-5-6-8-13(12)18-10-9-17-14(19)15(18,2)3/h5-8,16H,4,9-11H2,1-3H3,(H,17,19). The minimum absolute atomic E-state index is 0.0944. The molecule has 4 heteroatoms. The zero-order valence-corrected chi connectivity index (χ0v) is 12.0. The highest BCUT2D eigenvalue weighted by atomic mass is 16.2. The first-order chi connectivity index (χ1) is 9.07. The molecule has 1 heterocycles. The molecule has 1 amide bonds. The summed E-state index contributed by atoms with van der Waals surface area (Å²) >= 11 is 0. The van der Waals surface area contributed by atoms with E-state index in [4.69, 9.17) is 0 Å². The highest BCUT2D eigenvalue weighted by molar-refractivity contribution is 5.90. The van der Waals surface area contributed by atoms with Crippen LogP contribution >= 0.6 is 0 Å². The number of rotatable bonds is 4. The van der Waals surface area contributed by atoms with E-state index in [-0.39, 0.29) is 5.91 Å². The van der Waals surface area contributed by atoms with Crippen LogP contribution in [-0.4, -0.2) is 31.1 Å². The Hall–Kier alpha value is -1.55. The van der Waals surface area contributed by atoms with E-state index in [1.165, 1.54) is 5.56 Å². The molecule has 4 nitrogen and oxygen atoms in total. The summed E-state index contributed by atoms with van der Waals surface area (Å²) in [7, 11) is 0. The first-order valence-electron chi connectivity index (χ1n) is 6.92. The number of carbonyl (C=O) groups is 1. The highest BCUT2D eigenvalue weighted by Gasteiger charge is 2.38. The minimum atomic E-state index is -0.499. The van der Waals surface area contributed by atoms with Crippen molar-refractivity contribution in [3.63, 3.8) is 0 Å². The van der Waals surface area contributed by atoms with Gasteiger partial charge in [0.15, 0.2) is 0 Å². The Bertz CT molecular complexity index is 456. The lowest BCUT2D eigenvalue weighted by Gasteiger charge is -2.43. The lowest BCUT2D eigenvalue weighted by Crippen LogP contribution is -2.62. The lowest BCUT2D eigenvalue weighted by atomic mass is 9.96. The van der Waals surface area contributed by atoms with Gasteiger partial charge in [-0.15, -0.1) is 0 Å². The van der Waals surface area contributed by atoms with Gasteiger partial charge in [-0.25, -0.2) is 0 Å². The van der Waals surface area contributed by atoms with E-state index in [0.29, 0.717) is 6.54 Å². The maximum absolute atomic E-state index is 12.1. The van der Waals surface area contributed by atoms with Gasteiger partial charge in [-0.05, 0) is 32.0 Å². The van der Waals surface area contributed by atoms with E-state index in [2.05, 4.69) is 34.6 Å². The number of anilines is 1. The van der Waals surface area contributed by atoms with E-state index < -0.39 is 5.54 Å². The molecule has 0 aromatic heterocycles. The normalized spacial score (nSPS) is 18.3. The molecule has 0 radical (unpaired) electrons. The molecule has 1 aromatic carbocycles. The van der Waals surface area contributed by atoms with Crippen molar-refractivity contribution < 1.29 is 4.79 Å². The molecule has 0 aliphatic carbocycles. The van der Waals surface area contributed by atoms with E-state index in [0.717, 1.165) is 25.3 Å². The Morgan fingerprint density at radius 2 is 2.11 bits per heavy atom. The van der Waals surface area contributed by atoms with Gasteiger partial charge >= 0.3 is 0 Å². The molecular formula is C15H23N3O. The number of hydrogen-bond donors (Lipinski definition) is 2. The third kappa shape index (κ3) is 2.73.